The smallest absolute Gasteiger partial charge is 0.250 e. The van der Waals surface area contributed by atoms with Crippen molar-refractivity contribution in [1.29, 1.82) is 0 Å². The number of ether oxygens (including phenoxy) is 1. The molecule has 124 valence electrons. The third-order valence-electron chi connectivity index (χ3n) is 2.96. The van der Waals surface area contributed by atoms with Gasteiger partial charge in [-0.1, -0.05) is 39.7 Å². The fourth-order valence-corrected chi connectivity index (χ4v) is 2.72. The number of thiocarbonyl (C=S) groups is 1. The van der Waals surface area contributed by atoms with Gasteiger partial charge in [-0.15, -0.1) is 0 Å². The third kappa shape index (κ3) is 5.63. The zero-order valence-corrected chi connectivity index (χ0v) is 15.8. The molecule has 2 rings (SSSR count). The minimum absolute atomic E-state index is 0.170. The number of anilines is 1. The van der Waals surface area contributed by atoms with Crippen molar-refractivity contribution in [3.05, 3.63) is 63.6 Å². The lowest BCUT2D eigenvalue weighted by molar-refractivity contribution is -0.115. The monoisotopic (exact) mass is 424 g/mol. The Kier molecular flexibility index (Phi) is 6.78. The Morgan fingerprint density at radius 1 is 1.25 bits per heavy atom. The van der Waals surface area contributed by atoms with Crippen molar-refractivity contribution < 1.29 is 9.53 Å². The summed E-state index contributed by atoms with van der Waals surface area (Å²) in [5.41, 5.74) is 1.49. The molecule has 0 aromatic heterocycles. The van der Waals surface area contributed by atoms with E-state index in [0.717, 1.165) is 15.8 Å². The molecule has 0 atom stereocenters. The van der Waals surface area contributed by atoms with Gasteiger partial charge in [0, 0.05) is 10.5 Å². The van der Waals surface area contributed by atoms with E-state index in [1.807, 2.05) is 30.3 Å². The molecule has 2 N–H and O–H groups in total. The third-order valence-corrected chi connectivity index (χ3v) is 3.97. The van der Waals surface area contributed by atoms with Crippen LogP contribution >= 0.6 is 39.7 Å². The van der Waals surface area contributed by atoms with Crippen LogP contribution in [0.25, 0.3) is 6.08 Å². The van der Waals surface area contributed by atoms with Crippen LogP contribution in [0.4, 0.5) is 5.69 Å². The minimum atomic E-state index is -0.337. The normalized spacial score (nSPS) is 10.5. The maximum atomic E-state index is 11.9. The summed E-state index contributed by atoms with van der Waals surface area (Å²) in [6, 6.07) is 12.7. The Labute approximate surface area is 159 Å². The van der Waals surface area contributed by atoms with Crippen molar-refractivity contribution in [2.24, 2.45) is 0 Å². The van der Waals surface area contributed by atoms with E-state index in [-0.39, 0.29) is 11.0 Å². The van der Waals surface area contributed by atoms with Gasteiger partial charge in [0.15, 0.2) is 5.11 Å². The van der Waals surface area contributed by atoms with Gasteiger partial charge in [0.2, 0.25) is 5.91 Å². The number of hydrogen-bond acceptors (Lipinski definition) is 3. The lowest BCUT2D eigenvalue weighted by Crippen LogP contribution is -2.32. The average molecular weight is 426 g/mol. The Hall–Kier alpha value is -1.89. The number of halogens is 2. The first-order chi connectivity index (χ1) is 11.5. The van der Waals surface area contributed by atoms with Gasteiger partial charge in [-0.2, -0.15) is 0 Å². The largest absolute Gasteiger partial charge is 0.497 e. The molecule has 0 unspecified atom stereocenters. The molecule has 0 heterocycles. The highest BCUT2D eigenvalue weighted by Crippen LogP contribution is 2.25. The van der Waals surface area contributed by atoms with Gasteiger partial charge in [-0.25, -0.2) is 0 Å². The molecular weight excluding hydrogens is 412 g/mol. The maximum Gasteiger partial charge on any atom is 0.250 e. The molecule has 0 aliphatic heterocycles. The Balaban J connectivity index is 1.91. The number of rotatable bonds is 4. The van der Waals surface area contributed by atoms with Crippen molar-refractivity contribution >= 4 is 62.5 Å². The topological polar surface area (TPSA) is 50.4 Å². The first kappa shape index (κ1) is 18.4. The molecule has 0 bridgehead atoms. The average Bonchev–Trinajstić information content (AvgIpc) is 2.56. The number of nitrogens with one attached hydrogen (secondary N) is 2. The van der Waals surface area contributed by atoms with Crippen LogP contribution in [0.15, 0.2) is 53.0 Å². The summed E-state index contributed by atoms with van der Waals surface area (Å²) in [5, 5.41) is 6.11. The summed E-state index contributed by atoms with van der Waals surface area (Å²) in [4.78, 5) is 11.9. The summed E-state index contributed by atoms with van der Waals surface area (Å²) in [6.07, 6.45) is 3.09. The summed E-state index contributed by atoms with van der Waals surface area (Å²) < 4.78 is 5.94. The first-order valence-electron chi connectivity index (χ1n) is 6.87. The number of carbonyl (C=O) groups is 1. The minimum Gasteiger partial charge on any atom is -0.497 e. The fraction of sp³-hybridized carbons (Fsp3) is 0.0588. The second kappa shape index (κ2) is 8.82. The number of amides is 1. The number of benzene rings is 2. The Morgan fingerprint density at radius 2 is 1.96 bits per heavy atom. The second-order valence-electron chi connectivity index (χ2n) is 4.67. The molecular formula is C17H14BrClN2O2S. The molecule has 0 aliphatic rings. The van der Waals surface area contributed by atoms with E-state index in [2.05, 4.69) is 26.6 Å². The molecule has 0 aliphatic carbocycles. The quantitative estimate of drug-likeness (QED) is 0.553. The van der Waals surface area contributed by atoms with Gasteiger partial charge < -0.3 is 10.1 Å². The SMILES string of the molecule is COc1ccc(/C=C/C(=O)NC(=S)Nc2ccc(Br)cc2Cl)cc1. The molecule has 24 heavy (non-hydrogen) atoms. The molecule has 2 aromatic rings. The second-order valence-corrected chi connectivity index (χ2v) is 6.41. The van der Waals surface area contributed by atoms with E-state index < -0.39 is 0 Å². The predicted molar refractivity (Wildman–Crippen MR) is 106 cm³/mol. The number of hydrogen-bond donors (Lipinski definition) is 2. The van der Waals surface area contributed by atoms with E-state index >= 15 is 0 Å². The van der Waals surface area contributed by atoms with Gasteiger partial charge in [0.25, 0.3) is 0 Å². The lowest BCUT2D eigenvalue weighted by Gasteiger charge is -2.09. The van der Waals surface area contributed by atoms with Crippen molar-refractivity contribution in [3.63, 3.8) is 0 Å². The van der Waals surface area contributed by atoms with Crippen LogP contribution in [-0.2, 0) is 4.79 Å². The van der Waals surface area contributed by atoms with E-state index in [4.69, 9.17) is 28.6 Å². The number of carbonyl (C=O) groups excluding carboxylic acids is 1. The van der Waals surface area contributed by atoms with Crippen LogP contribution in [0.2, 0.25) is 5.02 Å². The molecule has 1 amide bonds. The van der Waals surface area contributed by atoms with Crippen molar-refractivity contribution in [2.75, 3.05) is 12.4 Å². The highest BCUT2D eigenvalue weighted by atomic mass is 79.9. The Morgan fingerprint density at radius 3 is 2.58 bits per heavy atom. The van der Waals surface area contributed by atoms with Gasteiger partial charge in [-0.05, 0) is 54.2 Å². The molecule has 7 heteroatoms. The van der Waals surface area contributed by atoms with E-state index in [1.54, 1.807) is 25.3 Å². The van der Waals surface area contributed by atoms with Crippen LogP contribution < -0.4 is 15.4 Å². The van der Waals surface area contributed by atoms with Gasteiger partial charge in [-0.3, -0.25) is 10.1 Å². The molecule has 4 nitrogen and oxygen atoms in total. The highest BCUT2D eigenvalue weighted by Gasteiger charge is 2.05. The summed E-state index contributed by atoms with van der Waals surface area (Å²) in [6.45, 7) is 0. The highest BCUT2D eigenvalue weighted by molar-refractivity contribution is 9.10. The Bertz CT molecular complexity index is 779. The van der Waals surface area contributed by atoms with Crippen LogP contribution in [0.5, 0.6) is 5.75 Å². The van der Waals surface area contributed by atoms with Crippen LogP contribution in [0.3, 0.4) is 0 Å². The molecule has 0 saturated carbocycles. The molecule has 2 aromatic carbocycles. The fourth-order valence-electron chi connectivity index (χ4n) is 1.78. The standard InChI is InChI=1S/C17H14BrClN2O2S/c1-23-13-6-2-11(3-7-13)4-9-16(22)21-17(24)20-15-8-5-12(18)10-14(15)19/h2-10H,1H3,(H2,20,21,22,24)/b9-4+. The van der Waals surface area contributed by atoms with E-state index in [9.17, 15) is 4.79 Å². The summed E-state index contributed by atoms with van der Waals surface area (Å²) in [7, 11) is 1.60. The lowest BCUT2D eigenvalue weighted by atomic mass is 10.2. The van der Waals surface area contributed by atoms with Gasteiger partial charge >= 0.3 is 0 Å². The molecule has 0 radical (unpaired) electrons. The molecule has 0 spiro atoms. The number of methoxy groups -OCH3 is 1. The van der Waals surface area contributed by atoms with E-state index in [0.29, 0.717) is 10.7 Å². The first-order valence-corrected chi connectivity index (χ1v) is 8.45. The zero-order valence-electron chi connectivity index (χ0n) is 12.7. The summed E-state index contributed by atoms with van der Waals surface area (Å²) in [5.74, 6) is 0.421. The van der Waals surface area contributed by atoms with Crippen LogP contribution in [-0.4, -0.2) is 18.1 Å². The molecule has 0 saturated heterocycles. The van der Waals surface area contributed by atoms with Crippen LogP contribution in [0.1, 0.15) is 5.56 Å². The molecule has 0 fully saturated rings. The van der Waals surface area contributed by atoms with Gasteiger partial charge in [0.05, 0.1) is 17.8 Å². The van der Waals surface area contributed by atoms with Gasteiger partial charge in [0.1, 0.15) is 5.75 Å². The zero-order chi connectivity index (χ0) is 17.5. The van der Waals surface area contributed by atoms with Crippen LogP contribution in [0, 0.1) is 0 Å². The predicted octanol–water partition coefficient (Wildman–Crippen LogP) is 4.64. The van der Waals surface area contributed by atoms with Crippen molar-refractivity contribution in [2.45, 2.75) is 0 Å². The van der Waals surface area contributed by atoms with E-state index in [1.165, 1.54) is 6.08 Å². The van der Waals surface area contributed by atoms with Crippen molar-refractivity contribution in [1.82, 2.24) is 5.32 Å². The maximum absolute atomic E-state index is 11.9. The van der Waals surface area contributed by atoms with Crippen molar-refractivity contribution in [3.8, 4) is 5.75 Å². The summed E-state index contributed by atoms with van der Waals surface area (Å²) >= 11 is 14.5.